The average molecular weight is 382 g/mol. The van der Waals surface area contributed by atoms with Crippen LogP contribution < -0.4 is 4.74 Å². The van der Waals surface area contributed by atoms with Gasteiger partial charge in [-0.05, 0) is 48.6 Å². The number of benzene rings is 3. The SMILES string of the molecule is C=Cc1ccc(CCc2ccc(-c3ccc(OCC)cc3F)cc2)c(F)c1F. The fourth-order valence-corrected chi connectivity index (χ4v) is 3.07. The Morgan fingerprint density at radius 1 is 0.893 bits per heavy atom. The van der Waals surface area contributed by atoms with Crippen molar-refractivity contribution in [3.63, 3.8) is 0 Å². The molecule has 0 fully saturated rings. The molecule has 144 valence electrons. The van der Waals surface area contributed by atoms with E-state index in [-0.39, 0.29) is 11.4 Å². The van der Waals surface area contributed by atoms with Gasteiger partial charge in [0.25, 0.3) is 0 Å². The van der Waals surface area contributed by atoms with Gasteiger partial charge in [-0.25, -0.2) is 13.2 Å². The van der Waals surface area contributed by atoms with E-state index in [1.54, 1.807) is 18.2 Å². The van der Waals surface area contributed by atoms with Crippen molar-refractivity contribution in [1.82, 2.24) is 0 Å². The highest BCUT2D eigenvalue weighted by Crippen LogP contribution is 2.27. The molecule has 0 atom stereocenters. The van der Waals surface area contributed by atoms with Gasteiger partial charge in [0.2, 0.25) is 0 Å². The number of ether oxygens (including phenoxy) is 1. The van der Waals surface area contributed by atoms with E-state index in [1.807, 2.05) is 31.2 Å². The van der Waals surface area contributed by atoms with E-state index in [4.69, 9.17) is 4.74 Å². The first kappa shape index (κ1) is 19.7. The Morgan fingerprint density at radius 3 is 2.29 bits per heavy atom. The molecule has 0 amide bonds. The van der Waals surface area contributed by atoms with Crippen LogP contribution in [0.1, 0.15) is 23.6 Å². The van der Waals surface area contributed by atoms with Gasteiger partial charge in [0.15, 0.2) is 11.6 Å². The Balaban J connectivity index is 1.72. The number of hydrogen-bond acceptors (Lipinski definition) is 1. The molecule has 0 aliphatic heterocycles. The first-order valence-electron chi connectivity index (χ1n) is 9.14. The summed E-state index contributed by atoms with van der Waals surface area (Å²) in [6, 6.07) is 15.3. The summed E-state index contributed by atoms with van der Waals surface area (Å²) in [5, 5.41) is 0. The third-order valence-electron chi connectivity index (χ3n) is 4.61. The van der Waals surface area contributed by atoms with Crippen LogP contribution in [0, 0.1) is 17.5 Å². The maximum atomic E-state index is 14.3. The molecule has 0 aliphatic rings. The van der Waals surface area contributed by atoms with Gasteiger partial charge in [-0.1, -0.05) is 49.1 Å². The molecule has 0 aliphatic carbocycles. The van der Waals surface area contributed by atoms with E-state index in [2.05, 4.69) is 6.58 Å². The first-order valence-corrected chi connectivity index (χ1v) is 9.14. The molecule has 0 heterocycles. The monoisotopic (exact) mass is 382 g/mol. The number of rotatable bonds is 7. The lowest BCUT2D eigenvalue weighted by Crippen LogP contribution is -1.99. The molecule has 0 radical (unpaired) electrons. The Kier molecular flexibility index (Phi) is 6.19. The highest BCUT2D eigenvalue weighted by molar-refractivity contribution is 5.65. The zero-order valence-corrected chi connectivity index (χ0v) is 15.6. The fourth-order valence-electron chi connectivity index (χ4n) is 3.07. The summed E-state index contributed by atoms with van der Waals surface area (Å²) in [7, 11) is 0. The van der Waals surface area contributed by atoms with Crippen molar-refractivity contribution >= 4 is 6.08 Å². The molecule has 0 aromatic heterocycles. The van der Waals surface area contributed by atoms with Crippen molar-refractivity contribution in [3.8, 4) is 16.9 Å². The minimum atomic E-state index is -0.867. The summed E-state index contributed by atoms with van der Waals surface area (Å²) in [5.41, 5.74) is 2.68. The predicted octanol–water partition coefficient (Wildman–Crippen LogP) is 6.60. The van der Waals surface area contributed by atoms with Crippen LogP contribution in [-0.2, 0) is 12.8 Å². The van der Waals surface area contributed by atoms with E-state index in [1.165, 1.54) is 18.2 Å². The van der Waals surface area contributed by atoms with E-state index in [0.717, 1.165) is 11.1 Å². The fraction of sp³-hybridized carbons (Fsp3) is 0.167. The lowest BCUT2D eigenvalue weighted by molar-refractivity contribution is 0.338. The van der Waals surface area contributed by atoms with Crippen LogP contribution in [0.2, 0.25) is 0 Å². The highest BCUT2D eigenvalue weighted by Gasteiger charge is 2.12. The summed E-state index contributed by atoms with van der Waals surface area (Å²) in [6.07, 6.45) is 2.22. The Bertz CT molecular complexity index is 978. The van der Waals surface area contributed by atoms with E-state index in [9.17, 15) is 13.2 Å². The van der Waals surface area contributed by atoms with Crippen LogP contribution >= 0.6 is 0 Å². The second kappa shape index (κ2) is 8.79. The maximum Gasteiger partial charge on any atom is 0.166 e. The van der Waals surface area contributed by atoms with Crippen molar-refractivity contribution in [1.29, 1.82) is 0 Å². The topological polar surface area (TPSA) is 9.23 Å². The van der Waals surface area contributed by atoms with Crippen LogP contribution in [0.5, 0.6) is 5.75 Å². The molecule has 28 heavy (non-hydrogen) atoms. The minimum absolute atomic E-state index is 0.156. The summed E-state index contributed by atoms with van der Waals surface area (Å²) in [5.74, 6) is -1.55. The van der Waals surface area contributed by atoms with Crippen LogP contribution in [0.4, 0.5) is 13.2 Å². The lowest BCUT2D eigenvalue weighted by Gasteiger charge is -2.09. The predicted molar refractivity (Wildman–Crippen MR) is 107 cm³/mol. The van der Waals surface area contributed by atoms with Gasteiger partial charge in [-0.3, -0.25) is 0 Å². The van der Waals surface area contributed by atoms with E-state index in [0.29, 0.717) is 36.3 Å². The minimum Gasteiger partial charge on any atom is -0.494 e. The molecule has 0 saturated heterocycles. The van der Waals surface area contributed by atoms with Crippen molar-refractivity contribution in [3.05, 3.63) is 95.3 Å². The van der Waals surface area contributed by atoms with E-state index < -0.39 is 11.6 Å². The zero-order chi connectivity index (χ0) is 20.1. The van der Waals surface area contributed by atoms with Crippen molar-refractivity contribution in [2.45, 2.75) is 19.8 Å². The quantitative estimate of drug-likeness (QED) is 0.447. The second-order valence-electron chi connectivity index (χ2n) is 6.42. The number of aryl methyl sites for hydroxylation is 2. The summed E-state index contributed by atoms with van der Waals surface area (Å²) in [4.78, 5) is 0. The van der Waals surface area contributed by atoms with Gasteiger partial charge in [0, 0.05) is 17.2 Å². The van der Waals surface area contributed by atoms with Crippen LogP contribution in [-0.4, -0.2) is 6.61 Å². The Hall–Kier alpha value is -3.01. The molecule has 0 saturated carbocycles. The summed E-state index contributed by atoms with van der Waals surface area (Å²) in [6.45, 7) is 5.80. The van der Waals surface area contributed by atoms with Gasteiger partial charge in [0.05, 0.1) is 6.61 Å². The molecular formula is C24H21F3O. The molecule has 0 unspecified atom stereocenters. The standard InChI is InChI=1S/C24H21F3O/c1-3-17-11-12-19(24(27)23(17)26)10-7-16-5-8-18(9-6-16)21-14-13-20(28-4-2)15-22(21)25/h3,5-6,8-9,11-15H,1,4,7,10H2,2H3. The van der Waals surface area contributed by atoms with E-state index >= 15 is 0 Å². The van der Waals surface area contributed by atoms with Crippen LogP contribution in [0.25, 0.3) is 17.2 Å². The van der Waals surface area contributed by atoms with Gasteiger partial charge in [-0.2, -0.15) is 0 Å². The maximum absolute atomic E-state index is 14.3. The summed E-state index contributed by atoms with van der Waals surface area (Å²) >= 11 is 0. The molecule has 0 spiro atoms. The molecule has 4 heteroatoms. The van der Waals surface area contributed by atoms with Crippen molar-refractivity contribution < 1.29 is 17.9 Å². The molecule has 1 nitrogen and oxygen atoms in total. The second-order valence-corrected chi connectivity index (χ2v) is 6.42. The Labute approximate surface area is 163 Å². The van der Waals surface area contributed by atoms with Crippen molar-refractivity contribution in [2.75, 3.05) is 6.61 Å². The smallest absolute Gasteiger partial charge is 0.166 e. The van der Waals surface area contributed by atoms with Gasteiger partial charge in [-0.15, -0.1) is 0 Å². The molecule has 3 aromatic rings. The Morgan fingerprint density at radius 2 is 1.64 bits per heavy atom. The number of halogens is 3. The molecule has 0 N–H and O–H groups in total. The third kappa shape index (κ3) is 4.28. The van der Waals surface area contributed by atoms with Gasteiger partial charge in [0.1, 0.15) is 11.6 Å². The molecule has 3 aromatic carbocycles. The van der Waals surface area contributed by atoms with Crippen LogP contribution in [0.3, 0.4) is 0 Å². The highest BCUT2D eigenvalue weighted by atomic mass is 19.2. The molecule has 0 bridgehead atoms. The lowest BCUT2D eigenvalue weighted by atomic mass is 9.99. The normalized spacial score (nSPS) is 10.7. The van der Waals surface area contributed by atoms with Gasteiger partial charge < -0.3 is 4.74 Å². The average Bonchev–Trinajstić information content (AvgIpc) is 2.70. The zero-order valence-electron chi connectivity index (χ0n) is 15.6. The van der Waals surface area contributed by atoms with Crippen LogP contribution in [0.15, 0.2) is 61.2 Å². The van der Waals surface area contributed by atoms with Crippen molar-refractivity contribution in [2.24, 2.45) is 0 Å². The number of hydrogen-bond donors (Lipinski definition) is 0. The largest absolute Gasteiger partial charge is 0.494 e. The van der Waals surface area contributed by atoms with Gasteiger partial charge >= 0.3 is 0 Å². The molecular weight excluding hydrogens is 361 g/mol. The third-order valence-corrected chi connectivity index (χ3v) is 4.61. The summed E-state index contributed by atoms with van der Waals surface area (Å²) < 4.78 is 47.6. The first-order chi connectivity index (χ1) is 13.5. The molecule has 3 rings (SSSR count).